The molecule has 1 aliphatic heterocycles. The van der Waals surface area contributed by atoms with Crippen LogP contribution in [0.1, 0.15) is 24.5 Å². The fraction of sp³-hybridized carbons (Fsp3) is 0.500. The second-order valence-corrected chi connectivity index (χ2v) is 5.17. The van der Waals surface area contributed by atoms with Crippen molar-refractivity contribution in [3.05, 3.63) is 35.4 Å². The number of aryl methyl sites for hydroxylation is 1. The van der Waals surface area contributed by atoms with Gasteiger partial charge in [-0.3, -0.25) is 4.79 Å². The predicted molar refractivity (Wildman–Crippen MR) is 63.1 cm³/mol. The molecule has 1 fully saturated rings. The van der Waals surface area contributed by atoms with Gasteiger partial charge in [-0.15, -0.1) is 0 Å². The number of hydrogen-bond donors (Lipinski definition) is 0. The van der Waals surface area contributed by atoms with E-state index in [0.717, 1.165) is 19.3 Å². The van der Waals surface area contributed by atoms with Gasteiger partial charge in [0.05, 0.1) is 11.5 Å². The topological polar surface area (TPSA) is 20.3 Å². The van der Waals surface area contributed by atoms with Crippen molar-refractivity contribution < 1.29 is 4.79 Å². The number of hydrogen-bond acceptors (Lipinski definition) is 1. The molecule has 1 aromatic rings. The van der Waals surface area contributed by atoms with Crippen LogP contribution in [0.4, 0.5) is 0 Å². The molecule has 1 spiro atoms. The molecule has 2 nitrogen and oxygen atoms in total. The Balaban J connectivity index is 1.96. The molecule has 84 valence electrons. The Morgan fingerprint density at radius 3 is 2.69 bits per heavy atom. The fourth-order valence-corrected chi connectivity index (χ4v) is 3.36. The lowest BCUT2D eigenvalue weighted by molar-refractivity contribution is -0.167. The number of amides is 1. The summed E-state index contributed by atoms with van der Waals surface area (Å²) in [6, 6.07) is 8.63. The van der Waals surface area contributed by atoms with Crippen LogP contribution < -0.4 is 0 Å². The first kappa shape index (κ1) is 9.88. The molecule has 1 aliphatic carbocycles. The standard InChI is InChI=1S/C14H17NO/c1-10-13(16)15(2)14(10)8-7-11-5-3-4-6-12(11)9-14/h3-6,10H,7-9H2,1-2H3. The Labute approximate surface area is 96.3 Å². The van der Waals surface area contributed by atoms with Gasteiger partial charge in [0.15, 0.2) is 0 Å². The molecule has 3 rings (SSSR count). The van der Waals surface area contributed by atoms with Crippen LogP contribution in [0.2, 0.25) is 0 Å². The zero-order valence-corrected chi connectivity index (χ0v) is 9.86. The first-order valence-electron chi connectivity index (χ1n) is 5.99. The third-order valence-corrected chi connectivity index (χ3v) is 4.62. The quantitative estimate of drug-likeness (QED) is 0.606. The molecule has 2 aliphatic rings. The molecule has 1 heterocycles. The second kappa shape index (κ2) is 3.09. The molecule has 2 unspecified atom stereocenters. The number of nitrogens with zero attached hydrogens (tertiary/aromatic N) is 1. The molecule has 1 aromatic carbocycles. The Morgan fingerprint density at radius 1 is 1.31 bits per heavy atom. The van der Waals surface area contributed by atoms with Gasteiger partial charge in [-0.25, -0.2) is 0 Å². The second-order valence-electron chi connectivity index (χ2n) is 5.17. The number of carbonyl (C=O) groups is 1. The summed E-state index contributed by atoms with van der Waals surface area (Å²) in [5, 5.41) is 0. The summed E-state index contributed by atoms with van der Waals surface area (Å²) in [6.45, 7) is 2.08. The summed E-state index contributed by atoms with van der Waals surface area (Å²) < 4.78 is 0. The molecule has 2 atom stereocenters. The average Bonchev–Trinajstić information content (AvgIpc) is 2.36. The minimum Gasteiger partial charge on any atom is -0.339 e. The number of carbonyl (C=O) groups excluding carboxylic acids is 1. The summed E-state index contributed by atoms with van der Waals surface area (Å²) in [6.07, 6.45) is 3.26. The highest BCUT2D eigenvalue weighted by Crippen LogP contribution is 2.45. The van der Waals surface area contributed by atoms with E-state index in [1.165, 1.54) is 11.1 Å². The average molecular weight is 215 g/mol. The van der Waals surface area contributed by atoms with Gasteiger partial charge in [0.25, 0.3) is 0 Å². The SMILES string of the molecule is CC1C(=O)N(C)C12CCc1ccccc1C2. The Kier molecular flexibility index (Phi) is 1.91. The van der Waals surface area contributed by atoms with Crippen LogP contribution in [-0.2, 0) is 17.6 Å². The van der Waals surface area contributed by atoms with Crippen molar-refractivity contribution in [2.75, 3.05) is 7.05 Å². The van der Waals surface area contributed by atoms with Gasteiger partial charge >= 0.3 is 0 Å². The first-order chi connectivity index (χ1) is 7.65. The highest BCUT2D eigenvalue weighted by Gasteiger charge is 2.56. The summed E-state index contributed by atoms with van der Waals surface area (Å²) >= 11 is 0. The maximum atomic E-state index is 11.7. The van der Waals surface area contributed by atoms with E-state index in [0.29, 0.717) is 5.91 Å². The number of rotatable bonds is 0. The van der Waals surface area contributed by atoms with Crippen LogP contribution in [0.25, 0.3) is 0 Å². The molecule has 0 radical (unpaired) electrons. The van der Waals surface area contributed by atoms with E-state index in [2.05, 4.69) is 31.2 Å². The van der Waals surface area contributed by atoms with Crippen LogP contribution in [0.3, 0.4) is 0 Å². The summed E-state index contributed by atoms with van der Waals surface area (Å²) in [7, 11) is 1.95. The van der Waals surface area contributed by atoms with E-state index in [-0.39, 0.29) is 11.5 Å². The zero-order chi connectivity index (χ0) is 11.3. The van der Waals surface area contributed by atoms with Crippen molar-refractivity contribution in [1.82, 2.24) is 4.90 Å². The number of likely N-dealkylation sites (tertiary alicyclic amines) is 1. The highest BCUT2D eigenvalue weighted by atomic mass is 16.2. The molecule has 0 bridgehead atoms. The number of likely N-dealkylation sites (N-methyl/N-ethyl adjacent to an activating group) is 1. The lowest BCUT2D eigenvalue weighted by Crippen LogP contribution is -2.70. The van der Waals surface area contributed by atoms with Crippen LogP contribution in [0, 0.1) is 5.92 Å². The molecule has 16 heavy (non-hydrogen) atoms. The van der Waals surface area contributed by atoms with E-state index in [4.69, 9.17) is 0 Å². The monoisotopic (exact) mass is 215 g/mol. The van der Waals surface area contributed by atoms with Crippen molar-refractivity contribution in [2.45, 2.75) is 31.7 Å². The summed E-state index contributed by atoms with van der Waals surface area (Å²) in [5.41, 5.74) is 3.01. The van der Waals surface area contributed by atoms with Crippen LogP contribution >= 0.6 is 0 Å². The minimum atomic E-state index is 0.117. The van der Waals surface area contributed by atoms with Gasteiger partial charge < -0.3 is 4.90 Å². The molecule has 0 saturated carbocycles. The van der Waals surface area contributed by atoms with E-state index >= 15 is 0 Å². The van der Waals surface area contributed by atoms with Gasteiger partial charge in [-0.1, -0.05) is 31.2 Å². The van der Waals surface area contributed by atoms with Crippen molar-refractivity contribution in [3.8, 4) is 0 Å². The Bertz CT molecular complexity index is 440. The third kappa shape index (κ3) is 1.05. The molecule has 0 N–H and O–H groups in total. The molecule has 2 heteroatoms. The lowest BCUT2D eigenvalue weighted by Gasteiger charge is -2.57. The first-order valence-corrected chi connectivity index (χ1v) is 5.99. The Hall–Kier alpha value is -1.31. The smallest absolute Gasteiger partial charge is 0.228 e. The number of β-lactam (4-membered cyclic amide) rings is 1. The van der Waals surface area contributed by atoms with Crippen LogP contribution in [0.15, 0.2) is 24.3 Å². The van der Waals surface area contributed by atoms with Crippen molar-refractivity contribution in [3.63, 3.8) is 0 Å². The number of benzene rings is 1. The van der Waals surface area contributed by atoms with E-state index < -0.39 is 0 Å². The van der Waals surface area contributed by atoms with E-state index in [1.54, 1.807) is 0 Å². The van der Waals surface area contributed by atoms with Crippen molar-refractivity contribution in [2.24, 2.45) is 5.92 Å². The third-order valence-electron chi connectivity index (χ3n) is 4.62. The molecular formula is C14H17NO. The van der Waals surface area contributed by atoms with Crippen LogP contribution in [0.5, 0.6) is 0 Å². The van der Waals surface area contributed by atoms with Gasteiger partial charge in [0.2, 0.25) is 5.91 Å². The largest absolute Gasteiger partial charge is 0.339 e. The van der Waals surface area contributed by atoms with E-state index in [1.807, 2.05) is 11.9 Å². The van der Waals surface area contributed by atoms with Gasteiger partial charge in [0, 0.05) is 7.05 Å². The maximum Gasteiger partial charge on any atom is 0.228 e. The van der Waals surface area contributed by atoms with Gasteiger partial charge in [0.1, 0.15) is 0 Å². The Morgan fingerprint density at radius 2 is 2.00 bits per heavy atom. The molecule has 0 aromatic heterocycles. The van der Waals surface area contributed by atoms with Crippen molar-refractivity contribution >= 4 is 5.91 Å². The normalized spacial score (nSPS) is 32.5. The van der Waals surface area contributed by atoms with Gasteiger partial charge in [-0.2, -0.15) is 0 Å². The summed E-state index contributed by atoms with van der Waals surface area (Å²) in [4.78, 5) is 13.6. The van der Waals surface area contributed by atoms with Crippen LogP contribution in [-0.4, -0.2) is 23.4 Å². The zero-order valence-electron chi connectivity index (χ0n) is 9.86. The number of fused-ring (bicyclic) bond motifs is 1. The lowest BCUT2D eigenvalue weighted by atomic mass is 9.64. The minimum absolute atomic E-state index is 0.117. The van der Waals surface area contributed by atoms with Crippen molar-refractivity contribution in [1.29, 1.82) is 0 Å². The van der Waals surface area contributed by atoms with E-state index in [9.17, 15) is 4.79 Å². The molecule has 1 saturated heterocycles. The maximum absolute atomic E-state index is 11.7. The summed E-state index contributed by atoms with van der Waals surface area (Å²) in [5.74, 6) is 0.505. The highest BCUT2D eigenvalue weighted by molar-refractivity contribution is 5.87. The fourth-order valence-electron chi connectivity index (χ4n) is 3.36. The molecular weight excluding hydrogens is 198 g/mol. The predicted octanol–water partition coefficient (Wildman–Crippen LogP) is 2.02. The molecule has 1 amide bonds. The van der Waals surface area contributed by atoms with Gasteiger partial charge in [-0.05, 0) is 30.4 Å².